The molecule has 1 aliphatic rings. The molecule has 0 radical (unpaired) electrons. The highest BCUT2D eigenvalue weighted by atomic mass is 16.6. The smallest absolute Gasteiger partial charge is 0.322 e. The van der Waals surface area contributed by atoms with Crippen LogP contribution in [0.1, 0.15) is 49.5 Å². The number of nitro groups is 1. The minimum Gasteiger partial charge on any atom is -0.408 e. The third-order valence-electron chi connectivity index (χ3n) is 4.13. The van der Waals surface area contributed by atoms with Crippen LogP contribution in [0.25, 0.3) is 6.08 Å². The summed E-state index contributed by atoms with van der Waals surface area (Å²) in [6.45, 7) is 0. The summed E-state index contributed by atoms with van der Waals surface area (Å²) in [4.78, 5) is 22.2. The number of amides is 1. The number of carbonyl (C=O) groups is 1. The van der Waals surface area contributed by atoms with E-state index in [-0.39, 0.29) is 17.6 Å². The lowest BCUT2D eigenvalue weighted by Gasteiger charge is -2.17. The number of nitrogens with one attached hydrogen (secondary N) is 1. The summed E-state index contributed by atoms with van der Waals surface area (Å²) in [5.41, 5.74) is 0.523. The van der Waals surface area contributed by atoms with Crippen molar-refractivity contribution in [3.05, 3.63) is 51.9 Å². The zero-order chi connectivity index (χ0) is 17.6. The van der Waals surface area contributed by atoms with E-state index in [4.69, 9.17) is 4.42 Å². The maximum Gasteiger partial charge on any atom is 0.322 e. The molecular formula is C17H18N4O4. The molecule has 1 fully saturated rings. The molecule has 0 spiro atoms. The highest BCUT2D eigenvalue weighted by Crippen LogP contribution is 2.32. The lowest BCUT2D eigenvalue weighted by molar-refractivity contribution is -0.384. The third-order valence-corrected chi connectivity index (χ3v) is 4.13. The molecule has 130 valence electrons. The molecule has 1 aliphatic carbocycles. The van der Waals surface area contributed by atoms with Crippen LogP contribution in [0.2, 0.25) is 0 Å². The molecule has 0 unspecified atom stereocenters. The molecule has 25 heavy (non-hydrogen) atoms. The zero-order valence-corrected chi connectivity index (χ0v) is 13.6. The molecule has 1 saturated carbocycles. The van der Waals surface area contributed by atoms with Crippen LogP contribution in [0.15, 0.2) is 34.8 Å². The number of benzene rings is 1. The van der Waals surface area contributed by atoms with E-state index in [0.717, 1.165) is 25.7 Å². The van der Waals surface area contributed by atoms with E-state index in [1.807, 2.05) is 0 Å². The summed E-state index contributed by atoms with van der Waals surface area (Å²) in [6, 6.07) is 6.07. The minimum atomic E-state index is -0.483. The minimum absolute atomic E-state index is 0.0309. The second kappa shape index (κ2) is 7.69. The Morgan fingerprint density at radius 2 is 2.08 bits per heavy atom. The fourth-order valence-corrected chi connectivity index (χ4v) is 2.86. The molecule has 2 aromatic rings. The average Bonchev–Trinajstić information content (AvgIpc) is 3.09. The second-order valence-electron chi connectivity index (χ2n) is 5.96. The predicted octanol–water partition coefficient (Wildman–Crippen LogP) is 3.68. The lowest BCUT2D eigenvalue weighted by atomic mass is 9.89. The number of hydrogen-bond donors (Lipinski definition) is 1. The second-order valence-corrected chi connectivity index (χ2v) is 5.96. The summed E-state index contributed by atoms with van der Waals surface area (Å²) >= 11 is 0. The highest BCUT2D eigenvalue weighted by molar-refractivity contribution is 6.00. The average molecular weight is 342 g/mol. The summed E-state index contributed by atoms with van der Waals surface area (Å²) in [5.74, 6) is 0.398. The van der Waals surface area contributed by atoms with E-state index in [9.17, 15) is 14.9 Å². The number of carbonyl (C=O) groups excluding carboxylic acids is 1. The third kappa shape index (κ3) is 4.50. The van der Waals surface area contributed by atoms with Gasteiger partial charge in [0.1, 0.15) is 0 Å². The molecule has 1 aromatic carbocycles. The fraction of sp³-hybridized carbons (Fsp3) is 0.353. The Hall–Kier alpha value is -3.03. The van der Waals surface area contributed by atoms with E-state index in [2.05, 4.69) is 15.5 Å². The Morgan fingerprint density at radius 3 is 2.84 bits per heavy atom. The van der Waals surface area contributed by atoms with Crippen molar-refractivity contribution >= 4 is 23.7 Å². The number of rotatable bonds is 5. The van der Waals surface area contributed by atoms with Crippen molar-refractivity contribution in [3.8, 4) is 0 Å². The SMILES string of the molecule is O=C(/C=C/c1cccc([N+](=O)[O-])c1)Nc1nnc(C2CCCCC2)o1. The van der Waals surface area contributed by atoms with Crippen molar-refractivity contribution in [3.63, 3.8) is 0 Å². The van der Waals surface area contributed by atoms with Crippen molar-refractivity contribution in [2.45, 2.75) is 38.0 Å². The fourth-order valence-electron chi connectivity index (χ4n) is 2.86. The summed E-state index contributed by atoms with van der Waals surface area (Å²) in [6.07, 6.45) is 8.35. The normalized spacial score (nSPS) is 15.4. The first kappa shape index (κ1) is 16.8. The Labute approximate surface area is 144 Å². The number of nitro benzene ring substituents is 1. The predicted molar refractivity (Wildman–Crippen MR) is 90.9 cm³/mol. The molecule has 0 aliphatic heterocycles. The van der Waals surface area contributed by atoms with Gasteiger partial charge >= 0.3 is 6.01 Å². The molecule has 0 atom stereocenters. The Kier molecular flexibility index (Phi) is 5.17. The van der Waals surface area contributed by atoms with Crippen LogP contribution in [0, 0.1) is 10.1 Å². The van der Waals surface area contributed by atoms with Crippen LogP contribution < -0.4 is 5.32 Å². The van der Waals surface area contributed by atoms with Gasteiger partial charge in [0.15, 0.2) is 0 Å². The van der Waals surface area contributed by atoms with Gasteiger partial charge in [0.05, 0.1) is 4.92 Å². The van der Waals surface area contributed by atoms with Crippen LogP contribution in [0.3, 0.4) is 0 Å². The van der Waals surface area contributed by atoms with Crippen LogP contribution in [-0.4, -0.2) is 21.0 Å². The summed E-state index contributed by atoms with van der Waals surface area (Å²) < 4.78 is 5.52. The molecule has 1 aromatic heterocycles. The van der Waals surface area contributed by atoms with E-state index >= 15 is 0 Å². The lowest BCUT2D eigenvalue weighted by Crippen LogP contribution is -2.08. The number of nitrogens with zero attached hydrogens (tertiary/aromatic N) is 3. The van der Waals surface area contributed by atoms with Gasteiger partial charge in [-0.1, -0.05) is 36.5 Å². The van der Waals surface area contributed by atoms with Crippen LogP contribution in [0.4, 0.5) is 11.7 Å². The van der Waals surface area contributed by atoms with Gasteiger partial charge in [0.2, 0.25) is 5.89 Å². The Balaban J connectivity index is 1.60. The quantitative estimate of drug-likeness (QED) is 0.504. The highest BCUT2D eigenvalue weighted by Gasteiger charge is 2.21. The molecule has 1 N–H and O–H groups in total. The van der Waals surface area contributed by atoms with Crippen LogP contribution in [-0.2, 0) is 4.79 Å². The number of aromatic nitrogens is 2. The first-order valence-electron chi connectivity index (χ1n) is 8.19. The molecule has 1 heterocycles. The molecule has 1 amide bonds. The van der Waals surface area contributed by atoms with Gasteiger partial charge in [-0.2, -0.15) is 0 Å². The van der Waals surface area contributed by atoms with Crippen LogP contribution >= 0.6 is 0 Å². The van der Waals surface area contributed by atoms with Crippen molar-refractivity contribution in [1.82, 2.24) is 10.2 Å². The first-order valence-corrected chi connectivity index (χ1v) is 8.19. The number of non-ortho nitro benzene ring substituents is 1. The molecular weight excluding hydrogens is 324 g/mol. The number of hydrogen-bond acceptors (Lipinski definition) is 6. The van der Waals surface area contributed by atoms with Gasteiger partial charge in [-0.25, -0.2) is 0 Å². The van der Waals surface area contributed by atoms with Gasteiger partial charge in [-0.05, 0) is 24.5 Å². The van der Waals surface area contributed by atoms with E-state index in [1.165, 1.54) is 30.7 Å². The summed E-state index contributed by atoms with van der Waals surface area (Å²) in [5, 5.41) is 21.1. The maximum atomic E-state index is 11.9. The van der Waals surface area contributed by atoms with Crippen LogP contribution in [0.5, 0.6) is 0 Å². The van der Waals surface area contributed by atoms with E-state index in [1.54, 1.807) is 12.1 Å². The Morgan fingerprint density at radius 1 is 1.28 bits per heavy atom. The van der Waals surface area contributed by atoms with Crippen molar-refractivity contribution < 1.29 is 14.1 Å². The van der Waals surface area contributed by atoms with Gasteiger partial charge in [0, 0.05) is 24.1 Å². The number of anilines is 1. The first-order chi connectivity index (χ1) is 12.1. The summed E-state index contributed by atoms with van der Waals surface area (Å²) in [7, 11) is 0. The van der Waals surface area contributed by atoms with E-state index in [0.29, 0.717) is 11.5 Å². The molecule has 3 rings (SSSR count). The van der Waals surface area contributed by atoms with Crippen molar-refractivity contribution in [2.75, 3.05) is 5.32 Å². The van der Waals surface area contributed by atoms with Gasteiger partial charge < -0.3 is 4.42 Å². The largest absolute Gasteiger partial charge is 0.408 e. The monoisotopic (exact) mass is 342 g/mol. The standard InChI is InChI=1S/C17H18N4O4/c22-15(10-9-12-5-4-8-14(11-12)21(23)24)18-17-20-19-16(25-17)13-6-2-1-3-7-13/h4-5,8-11,13H,1-3,6-7H2,(H,18,20,22)/b10-9+. The molecule has 8 nitrogen and oxygen atoms in total. The van der Waals surface area contributed by atoms with Crippen molar-refractivity contribution in [1.29, 1.82) is 0 Å². The molecule has 0 saturated heterocycles. The van der Waals surface area contributed by atoms with Crippen molar-refractivity contribution in [2.24, 2.45) is 0 Å². The Bertz CT molecular complexity index is 793. The molecule has 0 bridgehead atoms. The topological polar surface area (TPSA) is 111 Å². The zero-order valence-electron chi connectivity index (χ0n) is 13.6. The van der Waals surface area contributed by atoms with Gasteiger partial charge in [0.25, 0.3) is 11.6 Å². The molecule has 8 heteroatoms. The van der Waals surface area contributed by atoms with Gasteiger partial charge in [-0.15, -0.1) is 5.10 Å². The maximum absolute atomic E-state index is 11.9. The van der Waals surface area contributed by atoms with Gasteiger partial charge in [-0.3, -0.25) is 20.2 Å². The van der Waals surface area contributed by atoms with E-state index < -0.39 is 10.8 Å².